The number of carbonyl (C=O) groups excluding carboxylic acids is 6. The number of fused-ring (bicyclic) bond motifs is 1. The zero-order valence-corrected chi connectivity index (χ0v) is 30.1. The minimum absolute atomic E-state index is 0.0356. The van der Waals surface area contributed by atoms with Crippen molar-refractivity contribution in [3.8, 4) is 0 Å². The molecule has 0 spiro atoms. The largest absolute Gasteiger partial charge is 0.460 e. The molecule has 12 heteroatoms. The number of nitrogens with zero attached hydrogens (tertiary/aromatic N) is 1. The Hall–Kier alpha value is -3.96. The number of likely N-dealkylation sites (tertiary alicyclic amines) is 1. The fourth-order valence-electron chi connectivity index (χ4n) is 8.01. The van der Waals surface area contributed by atoms with Crippen LogP contribution in [-0.4, -0.2) is 77.3 Å². The summed E-state index contributed by atoms with van der Waals surface area (Å²) in [5, 5.41) is 8.09. The van der Waals surface area contributed by atoms with E-state index in [0.717, 1.165) is 56.9 Å². The zero-order chi connectivity index (χ0) is 36.2. The molecular formula is C38H54N4O8. The van der Waals surface area contributed by atoms with Crippen LogP contribution in [0.25, 0.3) is 0 Å². The number of piperidine rings is 1. The van der Waals surface area contributed by atoms with Crippen LogP contribution < -0.4 is 16.0 Å². The van der Waals surface area contributed by atoms with E-state index in [1.54, 1.807) is 37.8 Å². The van der Waals surface area contributed by atoms with Gasteiger partial charge in [-0.25, -0.2) is 4.79 Å². The predicted molar refractivity (Wildman–Crippen MR) is 184 cm³/mol. The van der Waals surface area contributed by atoms with Crippen LogP contribution in [0, 0.1) is 29.1 Å². The standard InChI is InChI=1S/C38H54N4O8/c1-37(2,3)50-36(48)41-30(25-17-10-7-11-18-25)35(47)42-21-26-29(38(26,4)5)31(42)33(45)40-27(19-23-15-12-16-23)32(44)34(46)39-20-28(43)49-22-24-13-8-6-9-14-24/h6,8-9,13-14,23,25-27,29-31H,7,10-12,15-22H2,1-5H3,(H,39,46)(H,40,45)(H,41,48)/t26?,27?,29-,30-,31-/m0/s1. The summed E-state index contributed by atoms with van der Waals surface area (Å²) < 4.78 is 10.7. The summed E-state index contributed by atoms with van der Waals surface area (Å²) in [4.78, 5) is 82.0. The summed E-state index contributed by atoms with van der Waals surface area (Å²) in [6.45, 7) is 9.35. The van der Waals surface area contributed by atoms with Crippen molar-refractivity contribution in [1.82, 2.24) is 20.9 Å². The fourth-order valence-corrected chi connectivity index (χ4v) is 8.01. The molecule has 12 nitrogen and oxygen atoms in total. The molecule has 1 aromatic carbocycles. The van der Waals surface area contributed by atoms with Gasteiger partial charge in [-0.2, -0.15) is 0 Å². The lowest BCUT2D eigenvalue weighted by atomic mass is 9.80. The molecule has 1 aliphatic heterocycles. The molecule has 1 heterocycles. The van der Waals surface area contributed by atoms with E-state index >= 15 is 0 Å². The van der Waals surface area contributed by atoms with Crippen molar-refractivity contribution in [2.75, 3.05) is 13.1 Å². The Labute approximate surface area is 295 Å². The molecule has 4 aliphatic rings. The van der Waals surface area contributed by atoms with Crippen molar-refractivity contribution in [2.45, 2.75) is 123 Å². The number of hydrogen-bond acceptors (Lipinski definition) is 8. The van der Waals surface area contributed by atoms with Crippen LogP contribution in [0.1, 0.15) is 98.0 Å². The molecule has 1 aromatic rings. The number of esters is 1. The van der Waals surface area contributed by atoms with Crippen LogP contribution >= 0.6 is 0 Å². The lowest BCUT2D eigenvalue weighted by Gasteiger charge is -2.37. The van der Waals surface area contributed by atoms with Crippen molar-refractivity contribution in [3.05, 3.63) is 35.9 Å². The van der Waals surface area contributed by atoms with Gasteiger partial charge in [0, 0.05) is 6.54 Å². The van der Waals surface area contributed by atoms with Gasteiger partial charge in [0.1, 0.15) is 30.8 Å². The molecule has 50 heavy (non-hydrogen) atoms. The lowest BCUT2D eigenvalue weighted by Crippen LogP contribution is -2.60. The topological polar surface area (TPSA) is 160 Å². The number of alkyl carbamates (subject to hydrolysis) is 1. The van der Waals surface area contributed by atoms with E-state index in [9.17, 15) is 28.8 Å². The molecule has 4 fully saturated rings. The highest BCUT2D eigenvalue weighted by Crippen LogP contribution is 2.65. The smallest absolute Gasteiger partial charge is 0.408 e. The molecule has 3 aliphatic carbocycles. The summed E-state index contributed by atoms with van der Waals surface area (Å²) in [6.07, 6.45) is 6.92. The van der Waals surface area contributed by atoms with Crippen LogP contribution in [0.2, 0.25) is 0 Å². The summed E-state index contributed by atoms with van der Waals surface area (Å²) in [5.74, 6) is -3.27. The third-order valence-corrected chi connectivity index (χ3v) is 11.1. The number of benzene rings is 1. The summed E-state index contributed by atoms with van der Waals surface area (Å²) in [6, 6.07) is 6.28. The van der Waals surface area contributed by atoms with Gasteiger partial charge in [-0.1, -0.05) is 82.7 Å². The highest BCUT2D eigenvalue weighted by Gasteiger charge is 2.69. The Morgan fingerprint density at radius 1 is 0.920 bits per heavy atom. The molecule has 1 saturated heterocycles. The average molecular weight is 695 g/mol. The molecule has 0 bridgehead atoms. The van der Waals surface area contributed by atoms with Crippen LogP contribution in [0.3, 0.4) is 0 Å². The Morgan fingerprint density at radius 2 is 1.60 bits per heavy atom. The van der Waals surface area contributed by atoms with E-state index in [0.29, 0.717) is 13.0 Å². The molecule has 274 valence electrons. The molecule has 0 aromatic heterocycles. The monoisotopic (exact) mass is 694 g/mol. The Balaban J connectivity index is 1.27. The van der Waals surface area contributed by atoms with Crippen molar-refractivity contribution in [1.29, 1.82) is 0 Å². The van der Waals surface area contributed by atoms with Crippen LogP contribution in [0.4, 0.5) is 4.79 Å². The molecule has 3 saturated carbocycles. The van der Waals surface area contributed by atoms with Gasteiger partial charge < -0.3 is 30.3 Å². The number of carbonyl (C=O) groups is 6. The molecule has 5 atom stereocenters. The van der Waals surface area contributed by atoms with Gasteiger partial charge in [0.2, 0.25) is 17.6 Å². The number of nitrogens with one attached hydrogen (secondary N) is 3. The summed E-state index contributed by atoms with van der Waals surface area (Å²) >= 11 is 0. The van der Waals surface area contributed by atoms with Crippen molar-refractivity contribution in [2.24, 2.45) is 29.1 Å². The molecule has 5 rings (SSSR count). The molecule has 4 amide bonds. The third kappa shape index (κ3) is 9.03. The second kappa shape index (κ2) is 15.5. The number of Topliss-reactive ketones (excluding diaryl/α,β-unsaturated/α-hetero) is 1. The predicted octanol–water partition coefficient (Wildman–Crippen LogP) is 4.05. The summed E-state index contributed by atoms with van der Waals surface area (Å²) in [5.41, 5.74) is -0.150. The normalized spacial score (nSPS) is 24.1. The van der Waals surface area contributed by atoms with E-state index < -0.39 is 59.9 Å². The van der Waals surface area contributed by atoms with Gasteiger partial charge in [-0.3, -0.25) is 24.0 Å². The number of rotatable bonds is 13. The Kier molecular flexibility index (Phi) is 11.6. The highest BCUT2D eigenvalue weighted by molar-refractivity contribution is 6.38. The maximum Gasteiger partial charge on any atom is 0.408 e. The zero-order valence-electron chi connectivity index (χ0n) is 30.1. The van der Waals surface area contributed by atoms with Crippen LogP contribution in [0.5, 0.6) is 0 Å². The minimum Gasteiger partial charge on any atom is -0.460 e. The Morgan fingerprint density at radius 3 is 2.22 bits per heavy atom. The SMILES string of the molecule is CC(C)(C)OC(=O)N[C@H](C(=O)N1CC2[C@@H]([C@H]1C(=O)NC(CC1CCC1)C(=O)C(=O)NCC(=O)OCc1ccccc1)C2(C)C)C1CCCCC1. The van der Waals surface area contributed by atoms with E-state index in [2.05, 4.69) is 29.8 Å². The first kappa shape index (κ1) is 37.3. The van der Waals surface area contributed by atoms with Crippen molar-refractivity contribution in [3.63, 3.8) is 0 Å². The van der Waals surface area contributed by atoms with Gasteiger partial charge in [0.05, 0.1) is 6.04 Å². The molecular weight excluding hydrogens is 640 g/mol. The van der Waals surface area contributed by atoms with Gasteiger partial charge in [0.25, 0.3) is 5.91 Å². The van der Waals surface area contributed by atoms with Gasteiger partial charge in [-0.15, -0.1) is 0 Å². The first-order chi connectivity index (χ1) is 23.7. The number of hydrogen-bond donors (Lipinski definition) is 3. The van der Waals surface area contributed by atoms with E-state index in [1.807, 2.05) is 18.2 Å². The van der Waals surface area contributed by atoms with Crippen molar-refractivity contribution < 1.29 is 38.2 Å². The molecule has 0 radical (unpaired) electrons. The number of ketones is 1. The first-order valence-electron chi connectivity index (χ1n) is 18.3. The first-order valence-corrected chi connectivity index (χ1v) is 18.3. The highest BCUT2D eigenvalue weighted by atomic mass is 16.6. The fraction of sp³-hybridized carbons (Fsp3) is 0.684. The number of amides is 4. The third-order valence-electron chi connectivity index (χ3n) is 11.1. The van der Waals surface area contributed by atoms with Gasteiger partial charge in [0.15, 0.2) is 0 Å². The minimum atomic E-state index is -1.11. The van der Waals surface area contributed by atoms with E-state index in [4.69, 9.17) is 9.47 Å². The molecule has 2 unspecified atom stereocenters. The van der Waals surface area contributed by atoms with Gasteiger partial charge >= 0.3 is 12.1 Å². The quantitative estimate of drug-likeness (QED) is 0.206. The maximum atomic E-state index is 14.4. The second-order valence-corrected chi connectivity index (χ2v) is 16.2. The average Bonchev–Trinajstić information content (AvgIpc) is 3.36. The second-order valence-electron chi connectivity index (χ2n) is 16.2. The number of ether oxygens (including phenoxy) is 2. The Bertz CT molecular complexity index is 1430. The van der Waals surface area contributed by atoms with Crippen LogP contribution in [-0.2, 0) is 40.1 Å². The van der Waals surface area contributed by atoms with Crippen molar-refractivity contribution >= 4 is 35.6 Å². The van der Waals surface area contributed by atoms with Crippen LogP contribution in [0.15, 0.2) is 30.3 Å². The van der Waals surface area contributed by atoms with E-state index in [1.165, 1.54) is 0 Å². The molecule has 3 N–H and O–H groups in total. The lowest BCUT2D eigenvalue weighted by molar-refractivity contribution is -0.147. The van der Waals surface area contributed by atoms with Gasteiger partial charge in [-0.05, 0) is 74.7 Å². The maximum absolute atomic E-state index is 14.4. The van der Waals surface area contributed by atoms with E-state index in [-0.39, 0.29) is 41.6 Å². The summed E-state index contributed by atoms with van der Waals surface area (Å²) in [7, 11) is 0.